The van der Waals surface area contributed by atoms with Crippen molar-refractivity contribution in [2.24, 2.45) is 0 Å². The van der Waals surface area contributed by atoms with E-state index in [0.717, 1.165) is 32.1 Å². The number of hydrogen-bond donors (Lipinski definition) is 0. The number of carbonyl (C=O) groups excluding carboxylic acids is 1. The van der Waals surface area contributed by atoms with Gasteiger partial charge in [0.05, 0.1) is 0 Å². The van der Waals surface area contributed by atoms with E-state index in [1.54, 1.807) is 11.8 Å². The fourth-order valence-electron chi connectivity index (χ4n) is 3.69. The molecule has 0 spiro atoms. The van der Waals surface area contributed by atoms with Gasteiger partial charge in [-0.05, 0) is 56.1 Å². The number of thioether (sulfide) groups is 1. The van der Waals surface area contributed by atoms with Crippen molar-refractivity contribution in [3.8, 4) is 0 Å². The Morgan fingerprint density at radius 3 is 2.43 bits per heavy atom. The SMILES string of the molecule is C=C1CC2CCC(C1)N2C(=O)CCc1ccc(SC)cc1. The van der Waals surface area contributed by atoms with Gasteiger partial charge in [0.15, 0.2) is 0 Å². The second-order valence-electron chi connectivity index (χ2n) is 6.19. The van der Waals surface area contributed by atoms with Crippen LogP contribution in [0, 0.1) is 0 Å². The highest BCUT2D eigenvalue weighted by molar-refractivity contribution is 7.98. The van der Waals surface area contributed by atoms with Crippen molar-refractivity contribution in [1.82, 2.24) is 4.90 Å². The molecule has 2 bridgehead atoms. The van der Waals surface area contributed by atoms with Crippen molar-refractivity contribution >= 4 is 17.7 Å². The van der Waals surface area contributed by atoms with Gasteiger partial charge in [0.1, 0.15) is 0 Å². The van der Waals surface area contributed by atoms with Crippen molar-refractivity contribution < 1.29 is 4.79 Å². The summed E-state index contributed by atoms with van der Waals surface area (Å²) in [7, 11) is 0. The van der Waals surface area contributed by atoms with Crippen LogP contribution in [0.15, 0.2) is 41.3 Å². The van der Waals surface area contributed by atoms with Crippen LogP contribution in [0.4, 0.5) is 0 Å². The number of hydrogen-bond acceptors (Lipinski definition) is 2. The molecule has 0 aromatic heterocycles. The van der Waals surface area contributed by atoms with Crippen molar-refractivity contribution in [2.75, 3.05) is 6.26 Å². The first-order valence-corrected chi connectivity index (χ1v) is 9.00. The fraction of sp³-hybridized carbons (Fsp3) is 0.500. The maximum atomic E-state index is 12.6. The van der Waals surface area contributed by atoms with E-state index in [0.29, 0.717) is 24.4 Å². The molecular formula is C18H23NOS. The van der Waals surface area contributed by atoms with Gasteiger partial charge < -0.3 is 4.90 Å². The highest BCUT2D eigenvalue weighted by atomic mass is 32.2. The average molecular weight is 301 g/mol. The van der Waals surface area contributed by atoms with Gasteiger partial charge in [-0.1, -0.05) is 24.3 Å². The van der Waals surface area contributed by atoms with Gasteiger partial charge in [0, 0.05) is 23.4 Å². The van der Waals surface area contributed by atoms with Gasteiger partial charge in [-0.25, -0.2) is 0 Å². The van der Waals surface area contributed by atoms with Crippen LogP contribution in [0.1, 0.15) is 37.7 Å². The molecule has 2 nitrogen and oxygen atoms in total. The Bertz CT molecular complexity index is 521. The number of benzene rings is 1. The van der Waals surface area contributed by atoms with E-state index < -0.39 is 0 Å². The van der Waals surface area contributed by atoms with Crippen LogP contribution in [-0.4, -0.2) is 29.1 Å². The number of carbonyl (C=O) groups is 1. The van der Waals surface area contributed by atoms with Crippen LogP contribution in [0.25, 0.3) is 0 Å². The summed E-state index contributed by atoms with van der Waals surface area (Å²) in [6.07, 6.45) is 7.94. The molecular weight excluding hydrogens is 278 g/mol. The van der Waals surface area contributed by atoms with Crippen molar-refractivity contribution in [1.29, 1.82) is 0 Å². The molecule has 2 atom stereocenters. The number of nitrogens with zero attached hydrogens (tertiary/aromatic N) is 1. The minimum atomic E-state index is 0.337. The first-order chi connectivity index (χ1) is 10.2. The predicted octanol–water partition coefficient (Wildman–Crippen LogP) is 4.05. The van der Waals surface area contributed by atoms with Crippen LogP contribution in [0.2, 0.25) is 0 Å². The first-order valence-electron chi connectivity index (χ1n) is 7.78. The van der Waals surface area contributed by atoms with E-state index >= 15 is 0 Å². The molecule has 112 valence electrons. The number of aryl methyl sites for hydroxylation is 1. The third kappa shape index (κ3) is 3.18. The molecule has 3 rings (SSSR count). The molecule has 0 N–H and O–H groups in total. The molecule has 2 unspecified atom stereocenters. The van der Waals surface area contributed by atoms with Gasteiger partial charge in [0.2, 0.25) is 5.91 Å². The fourth-order valence-corrected chi connectivity index (χ4v) is 4.10. The Hall–Kier alpha value is -1.22. The predicted molar refractivity (Wildman–Crippen MR) is 88.6 cm³/mol. The molecule has 1 aromatic rings. The second kappa shape index (κ2) is 6.27. The number of amides is 1. The smallest absolute Gasteiger partial charge is 0.223 e. The molecule has 2 saturated heterocycles. The monoisotopic (exact) mass is 301 g/mol. The van der Waals surface area contributed by atoms with Gasteiger partial charge in [-0.2, -0.15) is 0 Å². The summed E-state index contributed by atoms with van der Waals surface area (Å²) >= 11 is 1.75. The van der Waals surface area contributed by atoms with E-state index in [4.69, 9.17) is 0 Å². The van der Waals surface area contributed by atoms with Gasteiger partial charge in [0.25, 0.3) is 0 Å². The lowest BCUT2D eigenvalue weighted by Gasteiger charge is -2.36. The topological polar surface area (TPSA) is 20.3 Å². The normalized spacial score (nSPS) is 24.4. The third-order valence-electron chi connectivity index (χ3n) is 4.74. The first kappa shape index (κ1) is 14.7. The van der Waals surface area contributed by atoms with Crippen molar-refractivity contribution in [3.63, 3.8) is 0 Å². The summed E-state index contributed by atoms with van der Waals surface area (Å²) in [5, 5.41) is 0. The van der Waals surface area contributed by atoms with Crippen LogP contribution in [0.5, 0.6) is 0 Å². The van der Waals surface area contributed by atoms with E-state index in [-0.39, 0.29) is 0 Å². The standard InChI is InChI=1S/C18H23NOS/c1-13-11-15-6-7-16(12-13)19(15)18(20)10-5-14-3-8-17(21-2)9-4-14/h3-4,8-9,15-16H,1,5-7,10-12H2,2H3. The molecule has 2 aliphatic rings. The quantitative estimate of drug-likeness (QED) is 0.617. The Morgan fingerprint density at radius 2 is 1.86 bits per heavy atom. The maximum Gasteiger partial charge on any atom is 0.223 e. The van der Waals surface area contributed by atoms with Crippen LogP contribution >= 0.6 is 11.8 Å². The lowest BCUT2D eigenvalue weighted by Crippen LogP contribution is -2.44. The Labute approximate surface area is 131 Å². The van der Waals surface area contributed by atoms with Gasteiger partial charge in [-0.3, -0.25) is 4.79 Å². The Balaban J connectivity index is 1.58. The lowest BCUT2D eigenvalue weighted by atomic mass is 9.97. The Kier molecular flexibility index (Phi) is 4.39. The third-order valence-corrected chi connectivity index (χ3v) is 5.49. The molecule has 0 aliphatic carbocycles. The molecule has 2 heterocycles. The van der Waals surface area contributed by atoms with E-state index in [2.05, 4.69) is 42.0 Å². The summed E-state index contributed by atoms with van der Waals surface area (Å²) in [4.78, 5) is 16.0. The molecule has 1 aromatic carbocycles. The highest BCUT2D eigenvalue weighted by Crippen LogP contribution is 2.38. The van der Waals surface area contributed by atoms with E-state index in [9.17, 15) is 4.79 Å². The van der Waals surface area contributed by atoms with Gasteiger partial charge in [-0.15, -0.1) is 11.8 Å². The summed E-state index contributed by atoms with van der Waals surface area (Å²) in [5.74, 6) is 0.337. The van der Waals surface area contributed by atoms with Crippen LogP contribution < -0.4 is 0 Å². The molecule has 2 fully saturated rings. The van der Waals surface area contributed by atoms with Crippen LogP contribution in [0.3, 0.4) is 0 Å². The summed E-state index contributed by atoms with van der Waals surface area (Å²) in [5.41, 5.74) is 2.59. The minimum absolute atomic E-state index is 0.337. The molecule has 3 heteroatoms. The zero-order valence-electron chi connectivity index (χ0n) is 12.7. The Morgan fingerprint density at radius 1 is 1.24 bits per heavy atom. The zero-order valence-corrected chi connectivity index (χ0v) is 13.5. The second-order valence-corrected chi connectivity index (χ2v) is 7.07. The summed E-state index contributed by atoms with van der Waals surface area (Å²) in [6, 6.07) is 9.43. The number of rotatable bonds is 4. The molecule has 1 amide bonds. The molecule has 21 heavy (non-hydrogen) atoms. The number of piperidine rings is 1. The summed E-state index contributed by atoms with van der Waals surface area (Å²) in [6.45, 7) is 4.12. The zero-order chi connectivity index (χ0) is 14.8. The van der Waals surface area contributed by atoms with E-state index in [1.807, 2.05) is 0 Å². The van der Waals surface area contributed by atoms with Crippen molar-refractivity contribution in [2.45, 2.75) is 55.5 Å². The molecule has 0 radical (unpaired) electrons. The number of fused-ring (bicyclic) bond motifs is 2. The van der Waals surface area contributed by atoms with E-state index in [1.165, 1.54) is 16.0 Å². The average Bonchev–Trinajstić information content (AvgIpc) is 2.77. The largest absolute Gasteiger partial charge is 0.336 e. The van der Waals surface area contributed by atoms with Crippen molar-refractivity contribution in [3.05, 3.63) is 42.0 Å². The highest BCUT2D eigenvalue weighted by Gasteiger charge is 2.40. The molecule has 0 saturated carbocycles. The molecule has 2 aliphatic heterocycles. The lowest BCUT2D eigenvalue weighted by molar-refractivity contribution is -0.134. The maximum absolute atomic E-state index is 12.6. The minimum Gasteiger partial charge on any atom is -0.336 e. The van der Waals surface area contributed by atoms with Crippen LogP contribution in [-0.2, 0) is 11.2 Å². The summed E-state index contributed by atoms with van der Waals surface area (Å²) < 4.78 is 0. The van der Waals surface area contributed by atoms with Gasteiger partial charge >= 0.3 is 0 Å².